The molecule has 338 valence electrons. The van der Waals surface area contributed by atoms with Crippen molar-refractivity contribution in [2.24, 2.45) is 0 Å². The molecule has 1 saturated heterocycles. The van der Waals surface area contributed by atoms with Gasteiger partial charge < -0.3 is 34.1 Å². The van der Waals surface area contributed by atoms with E-state index in [0.29, 0.717) is 12.8 Å². The van der Waals surface area contributed by atoms with Gasteiger partial charge in [-0.1, -0.05) is 196 Å². The number of aliphatic hydroxyl groups is 1. The second-order valence-electron chi connectivity index (χ2n) is 16.7. The Morgan fingerprint density at radius 2 is 1.18 bits per heavy atom. The van der Waals surface area contributed by atoms with E-state index in [1.54, 1.807) is 6.08 Å². The summed E-state index contributed by atoms with van der Waals surface area (Å²) >= 11 is 0. The first-order valence-corrected chi connectivity index (χ1v) is 23.8. The Labute approximate surface area is 363 Å². The number of unbranched alkanes of at least 4 members (excludes halogenated alkanes) is 18. The zero-order valence-corrected chi connectivity index (χ0v) is 37.4. The minimum absolute atomic E-state index is 0.00999. The van der Waals surface area contributed by atoms with Gasteiger partial charge in [0.2, 0.25) is 5.91 Å². The van der Waals surface area contributed by atoms with Gasteiger partial charge in [-0.15, -0.1) is 6.58 Å². The van der Waals surface area contributed by atoms with Gasteiger partial charge in [0.15, 0.2) is 6.29 Å². The molecule has 1 fully saturated rings. The minimum Gasteiger partial charge on any atom is -0.462 e. The van der Waals surface area contributed by atoms with Crippen molar-refractivity contribution in [3.05, 3.63) is 84.4 Å². The summed E-state index contributed by atoms with van der Waals surface area (Å²) in [6.07, 6.45) is 22.8. The quantitative estimate of drug-likeness (QED) is 0.0396. The number of amides is 1. The van der Waals surface area contributed by atoms with E-state index in [-0.39, 0.29) is 44.7 Å². The molecular weight excluding hydrogens is 755 g/mol. The third-order valence-electron chi connectivity index (χ3n) is 11.4. The van der Waals surface area contributed by atoms with E-state index in [4.69, 9.17) is 23.7 Å². The Morgan fingerprint density at radius 1 is 0.683 bits per heavy atom. The van der Waals surface area contributed by atoms with Gasteiger partial charge in [0, 0.05) is 6.42 Å². The average Bonchev–Trinajstić information content (AvgIpc) is 3.26. The van der Waals surface area contributed by atoms with E-state index in [1.807, 2.05) is 60.7 Å². The van der Waals surface area contributed by atoms with Crippen LogP contribution in [0.2, 0.25) is 0 Å². The standard InChI is InChI=1S/C51H81NO8/c1-4-7-9-11-13-15-16-18-20-22-30-36-47(55)59-44(35-29-21-19-17-14-12-10-8-5-2)38-46(54)52-48-50(56-37-6-3)49(57-40-42-31-25-23-26-32-42)45(39-53)60-51(48)58-41-43-33-27-24-28-34-43/h6,23-28,31-34,44-45,48-51,53H,3-5,7-22,29-30,35-41H2,1-2H3,(H,52,54)/t44-,45-,48-,49-,50-,51-/m1/s1. The summed E-state index contributed by atoms with van der Waals surface area (Å²) in [6, 6.07) is 18.7. The van der Waals surface area contributed by atoms with Crippen LogP contribution in [-0.2, 0) is 46.5 Å². The molecule has 6 atom stereocenters. The van der Waals surface area contributed by atoms with Crippen molar-refractivity contribution in [2.75, 3.05) is 13.2 Å². The van der Waals surface area contributed by atoms with E-state index >= 15 is 0 Å². The fourth-order valence-corrected chi connectivity index (χ4v) is 7.96. The van der Waals surface area contributed by atoms with Crippen LogP contribution in [0, 0.1) is 0 Å². The fourth-order valence-electron chi connectivity index (χ4n) is 7.96. The van der Waals surface area contributed by atoms with E-state index in [0.717, 1.165) is 49.7 Å². The van der Waals surface area contributed by atoms with Crippen molar-refractivity contribution < 1.29 is 38.4 Å². The highest BCUT2D eigenvalue weighted by Crippen LogP contribution is 2.29. The van der Waals surface area contributed by atoms with E-state index in [1.165, 1.54) is 89.9 Å². The van der Waals surface area contributed by atoms with Crippen molar-refractivity contribution in [1.82, 2.24) is 5.32 Å². The molecule has 1 heterocycles. The van der Waals surface area contributed by atoms with Crippen molar-refractivity contribution in [2.45, 2.75) is 211 Å². The number of benzene rings is 2. The first-order valence-electron chi connectivity index (χ1n) is 23.8. The molecule has 1 amide bonds. The molecule has 3 rings (SSSR count). The predicted octanol–water partition coefficient (Wildman–Crippen LogP) is 11.5. The molecular formula is C51H81NO8. The van der Waals surface area contributed by atoms with Gasteiger partial charge in [0.05, 0.1) is 32.8 Å². The molecule has 2 aromatic carbocycles. The average molecular weight is 836 g/mol. The Hall–Kier alpha value is -3.08. The summed E-state index contributed by atoms with van der Waals surface area (Å²) in [7, 11) is 0. The number of nitrogens with one attached hydrogen (secondary N) is 1. The van der Waals surface area contributed by atoms with Crippen molar-refractivity contribution >= 4 is 11.9 Å². The zero-order valence-electron chi connectivity index (χ0n) is 37.4. The summed E-state index contributed by atoms with van der Waals surface area (Å²) in [5.74, 6) is -0.533. The maximum absolute atomic E-state index is 14.1. The normalized spacial score (nSPS) is 19.5. The van der Waals surface area contributed by atoms with Gasteiger partial charge in [0.1, 0.15) is 30.5 Å². The Morgan fingerprint density at radius 3 is 1.70 bits per heavy atom. The summed E-state index contributed by atoms with van der Waals surface area (Å²) < 4.78 is 31.6. The number of carbonyl (C=O) groups is 2. The van der Waals surface area contributed by atoms with Crippen LogP contribution in [-0.4, -0.2) is 66.9 Å². The molecule has 2 aromatic rings. The van der Waals surface area contributed by atoms with Gasteiger partial charge in [-0.05, 0) is 30.4 Å². The van der Waals surface area contributed by atoms with Gasteiger partial charge in [-0.25, -0.2) is 0 Å². The number of hydrogen-bond donors (Lipinski definition) is 2. The molecule has 0 bridgehead atoms. The van der Waals surface area contributed by atoms with E-state index < -0.39 is 36.7 Å². The monoisotopic (exact) mass is 836 g/mol. The number of ether oxygens (including phenoxy) is 5. The third-order valence-corrected chi connectivity index (χ3v) is 11.4. The first kappa shape index (κ1) is 51.3. The molecule has 9 nitrogen and oxygen atoms in total. The number of esters is 1. The lowest BCUT2D eigenvalue weighted by Gasteiger charge is -2.46. The number of hydrogen-bond acceptors (Lipinski definition) is 8. The minimum atomic E-state index is -0.961. The van der Waals surface area contributed by atoms with Crippen LogP contribution in [0.1, 0.15) is 173 Å². The maximum Gasteiger partial charge on any atom is 0.306 e. The molecule has 0 unspecified atom stereocenters. The van der Waals surface area contributed by atoms with Crippen LogP contribution >= 0.6 is 0 Å². The molecule has 0 aromatic heterocycles. The molecule has 0 spiro atoms. The highest BCUT2D eigenvalue weighted by molar-refractivity contribution is 5.77. The lowest BCUT2D eigenvalue weighted by Crippen LogP contribution is -2.66. The second-order valence-corrected chi connectivity index (χ2v) is 16.7. The van der Waals surface area contributed by atoms with E-state index in [2.05, 4.69) is 25.7 Å². The lowest BCUT2D eigenvalue weighted by atomic mass is 9.95. The van der Waals surface area contributed by atoms with Crippen LogP contribution < -0.4 is 5.32 Å². The molecule has 0 saturated carbocycles. The third kappa shape index (κ3) is 22.1. The summed E-state index contributed by atoms with van der Waals surface area (Å²) in [6.45, 7) is 8.67. The van der Waals surface area contributed by atoms with Crippen LogP contribution in [0.15, 0.2) is 73.3 Å². The largest absolute Gasteiger partial charge is 0.462 e. The SMILES string of the molecule is C=CCO[C@@H]1[C@@H](NC(=O)C[C@@H](CCCCCCCCCCC)OC(=O)CCCCCCCCCCCCC)[C@H](OCc2ccccc2)O[C@H](CO)[C@H]1OCc1ccccc1. The Kier molecular flexibility index (Phi) is 28.7. The highest BCUT2D eigenvalue weighted by Gasteiger charge is 2.48. The summed E-state index contributed by atoms with van der Waals surface area (Å²) in [4.78, 5) is 27.3. The van der Waals surface area contributed by atoms with Crippen LogP contribution in [0.25, 0.3) is 0 Å². The predicted molar refractivity (Wildman–Crippen MR) is 241 cm³/mol. The van der Waals surface area contributed by atoms with Gasteiger partial charge in [-0.2, -0.15) is 0 Å². The van der Waals surface area contributed by atoms with Crippen LogP contribution in [0.4, 0.5) is 0 Å². The highest BCUT2D eigenvalue weighted by atomic mass is 16.7. The van der Waals surface area contributed by atoms with E-state index in [9.17, 15) is 14.7 Å². The van der Waals surface area contributed by atoms with Crippen LogP contribution in [0.3, 0.4) is 0 Å². The number of rotatable bonds is 36. The van der Waals surface area contributed by atoms with Crippen molar-refractivity contribution in [3.63, 3.8) is 0 Å². The smallest absolute Gasteiger partial charge is 0.306 e. The molecule has 2 N–H and O–H groups in total. The van der Waals surface area contributed by atoms with Crippen molar-refractivity contribution in [1.29, 1.82) is 0 Å². The lowest BCUT2D eigenvalue weighted by molar-refractivity contribution is -0.288. The molecule has 9 heteroatoms. The van der Waals surface area contributed by atoms with Crippen LogP contribution in [0.5, 0.6) is 0 Å². The Bertz CT molecular complexity index is 1360. The van der Waals surface area contributed by atoms with Gasteiger partial charge in [-0.3, -0.25) is 9.59 Å². The first-order chi connectivity index (χ1) is 29.5. The topological polar surface area (TPSA) is 113 Å². The molecule has 0 radical (unpaired) electrons. The number of carbonyl (C=O) groups excluding carboxylic acids is 2. The summed E-state index contributed by atoms with van der Waals surface area (Å²) in [5.41, 5.74) is 1.89. The zero-order chi connectivity index (χ0) is 42.9. The molecule has 60 heavy (non-hydrogen) atoms. The van der Waals surface area contributed by atoms with Crippen molar-refractivity contribution in [3.8, 4) is 0 Å². The molecule has 0 aliphatic carbocycles. The summed E-state index contributed by atoms with van der Waals surface area (Å²) in [5, 5.41) is 13.7. The maximum atomic E-state index is 14.1. The number of aliphatic hydroxyl groups excluding tert-OH is 1. The van der Waals surface area contributed by atoms with Gasteiger partial charge in [0.25, 0.3) is 0 Å². The second kappa shape index (κ2) is 33.5. The molecule has 1 aliphatic rings. The van der Waals surface area contributed by atoms with Gasteiger partial charge >= 0.3 is 5.97 Å². The fraction of sp³-hybridized carbons (Fsp3) is 0.686. The Balaban J connectivity index is 1.67. The molecule has 1 aliphatic heterocycles.